The van der Waals surface area contributed by atoms with Crippen molar-refractivity contribution in [2.75, 3.05) is 0 Å². The van der Waals surface area contributed by atoms with Crippen molar-refractivity contribution in [3.05, 3.63) is 29.8 Å². The van der Waals surface area contributed by atoms with Gasteiger partial charge in [-0.05, 0) is 19.1 Å². The van der Waals surface area contributed by atoms with E-state index < -0.39 is 0 Å². The van der Waals surface area contributed by atoms with Gasteiger partial charge in [0.05, 0.1) is 5.71 Å². The van der Waals surface area contributed by atoms with Gasteiger partial charge in [0.25, 0.3) is 0 Å². The van der Waals surface area contributed by atoms with E-state index in [0.29, 0.717) is 5.71 Å². The predicted molar refractivity (Wildman–Crippen MR) is 54.1 cm³/mol. The number of hydrogen-bond acceptors (Lipinski definition) is 3. The van der Waals surface area contributed by atoms with E-state index in [1.807, 2.05) is 0 Å². The third-order valence-electron chi connectivity index (χ3n) is 1.64. The van der Waals surface area contributed by atoms with Crippen molar-refractivity contribution in [3.8, 4) is 5.75 Å². The summed E-state index contributed by atoms with van der Waals surface area (Å²) < 4.78 is 0. The zero-order valence-corrected chi connectivity index (χ0v) is 8.11. The summed E-state index contributed by atoms with van der Waals surface area (Å²) in [6.45, 7) is 3.14. The van der Waals surface area contributed by atoms with Crippen LogP contribution in [0.15, 0.2) is 29.4 Å². The van der Waals surface area contributed by atoms with Gasteiger partial charge in [0.2, 0.25) is 5.91 Å². The number of carbonyl (C=O) groups excluding carboxylic acids is 1. The molecule has 0 aliphatic rings. The molecule has 0 aliphatic heterocycles. The largest absolute Gasteiger partial charge is 0.508 e. The summed E-state index contributed by atoms with van der Waals surface area (Å²) in [6.07, 6.45) is 0. The highest BCUT2D eigenvalue weighted by Gasteiger charge is 1.98. The normalized spacial score (nSPS) is 11.1. The predicted octanol–water partition coefficient (Wildman–Crippen LogP) is 1.25. The van der Waals surface area contributed by atoms with Crippen LogP contribution in [0.5, 0.6) is 5.75 Å². The molecule has 1 aromatic carbocycles. The van der Waals surface area contributed by atoms with E-state index >= 15 is 0 Å². The minimum Gasteiger partial charge on any atom is -0.508 e. The molecule has 0 heterocycles. The highest BCUT2D eigenvalue weighted by Crippen LogP contribution is 2.11. The second-order valence-corrected chi connectivity index (χ2v) is 2.92. The lowest BCUT2D eigenvalue weighted by atomic mass is 10.1. The summed E-state index contributed by atoms with van der Waals surface area (Å²) in [6, 6.07) is 6.69. The molecule has 0 spiro atoms. The SMILES string of the molecule is CC(=O)N/N=C(\C)c1cccc(O)c1. The van der Waals surface area contributed by atoms with Gasteiger partial charge in [-0.2, -0.15) is 5.10 Å². The van der Waals surface area contributed by atoms with E-state index in [4.69, 9.17) is 0 Å². The molecule has 0 saturated heterocycles. The first-order valence-corrected chi connectivity index (χ1v) is 4.20. The van der Waals surface area contributed by atoms with Gasteiger partial charge >= 0.3 is 0 Å². The molecule has 0 aliphatic carbocycles. The van der Waals surface area contributed by atoms with Crippen molar-refractivity contribution in [2.24, 2.45) is 5.10 Å². The molecule has 1 rings (SSSR count). The fraction of sp³-hybridized carbons (Fsp3) is 0.200. The van der Waals surface area contributed by atoms with Gasteiger partial charge in [-0.25, -0.2) is 5.43 Å². The number of hydrogen-bond donors (Lipinski definition) is 2. The maximum atomic E-state index is 10.6. The molecule has 4 nitrogen and oxygen atoms in total. The van der Waals surface area contributed by atoms with E-state index in [2.05, 4.69) is 10.5 Å². The average Bonchev–Trinajstić information content (AvgIpc) is 2.14. The second-order valence-electron chi connectivity index (χ2n) is 2.92. The van der Waals surface area contributed by atoms with E-state index in [1.54, 1.807) is 31.2 Å². The number of aromatic hydroxyl groups is 1. The third-order valence-corrected chi connectivity index (χ3v) is 1.64. The number of carbonyl (C=O) groups is 1. The number of nitrogens with zero attached hydrogens (tertiary/aromatic N) is 1. The van der Waals surface area contributed by atoms with Gasteiger partial charge < -0.3 is 5.11 Å². The van der Waals surface area contributed by atoms with Gasteiger partial charge in [0.1, 0.15) is 5.75 Å². The van der Waals surface area contributed by atoms with Crippen LogP contribution in [0, 0.1) is 0 Å². The first-order chi connectivity index (χ1) is 6.59. The number of phenols is 1. The van der Waals surface area contributed by atoms with Crippen LogP contribution in [0.4, 0.5) is 0 Å². The fourth-order valence-electron chi connectivity index (χ4n) is 0.958. The highest BCUT2D eigenvalue weighted by atomic mass is 16.3. The summed E-state index contributed by atoms with van der Waals surface area (Å²) in [4.78, 5) is 10.6. The van der Waals surface area contributed by atoms with Crippen LogP contribution in [0.25, 0.3) is 0 Å². The fourth-order valence-corrected chi connectivity index (χ4v) is 0.958. The first kappa shape index (κ1) is 10.2. The number of phenolic OH excluding ortho intramolecular Hbond substituents is 1. The Morgan fingerprint density at radius 3 is 2.71 bits per heavy atom. The van der Waals surface area contributed by atoms with E-state index in [0.717, 1.165) is 5.56 Å². The van der Waals surface area contributed by atoms with Crippen molar-refractivity contribution in [3.63, 3.8) is 0 Å². The van der Waals surface area contributed by atoms with Crippen LogP contribution in [-0.4, -0.2) is 16.7 Å². The molecular formula is C10H12N2O2. The Labute approximate surface area is 82.3 Å². The van der Waals surface area contributed by atoms with E-state index in [-0.39, 0.29) is 11.7 Å². The number of benzene rings is 1. The number of amides is 1. The summed E-state index contributed by atoms with van der Waals surface area (Å²) in [7, 11) is 0. The van der Waals surface area contributed by atoms with Crippen LogP contribution in [0.2, 0.25) is 0 Å². The van der Waals surface area contributed by atoms with Crippen molar-refractivity contribution >= 4 is 11.6 Å². The van der Waals surface area contributed by atoms with Gasteiger partial charge in [0, 0.05) is 12.5 Å². The maximum absolute atomic E-state index is 10.6. The zero-order chi connectivity index (χ0) is 10.6. The lowest BCUT2D eigenvalue weighted by Gasteiger charge is -2.01. The van der Waals surface area contributed by atoms with Crippen LogP contribution >= 0.6 is 0 Å². The molecule has 0 fully saturated rings. The first-order valence-electron chi connectivity index (χ1n) is 4.20. The lowest BCUT2D eigenvalue weighted by Crippen LogP contribution is -2.14. The molecule has 0 atom stereocenters. The van der Waals surface area contributed by atoms with Crippen LogP contribution < -0.4 is 5.43 Å². The van der Waals surface area contributed by atoms with E-state index in [1.165, 1.54) is 6.92 Å². The molecule has 2 N–H and O–H groups in total. The summed E-state index contributed by atoms with van der Waals surface area (Å²) in [5, 5.41) is 13.0. The standard InChI is InChI=1S/C10H12N2O2/c1-7(11-12-8(2)13)9-4-3-5-10(14)6-9/h3-6,14H,1-2H3,(H,12,13)/b11-7+. The topological polar surface area (TPSA) is 61.7 Å². The molecule has 1 amide bonds. The quantitative estimate of drug-likeness (QED) is 0.547. The van der Waals surface area contributed by atoms with Crippen molar-refractivity contribution < 1.29 is 9.90 Å². The van der Waals surface area contributed by atoms with Crippen LogP contribution in [0.3, 0.4) is 0 Å². The smallest absolute Gasteiger partial charge is 0.236 e. The molecular weight excluding hydrogens is 180 g/mol. The second kappa shape index (κ2) is 4.41. The number of rotatable bonds is 2. The molecule has 0 unspecified atom stereocenters. The highest BCUT2D eigenvalue weighted by molar-refractivity contribution is 5.99. The summed E-state index contributed by atoms with van der Waals surface area (Å²) >= 11 is 0. The molecule has 0 radical (unpaired) electrons. The Kier molecular flexibility index (Phi) is 3.23. The molecule has 0 saturated carbocycles. The Morgan fingerprint density at radius 1 is 1.43 bits per heavy atom. The third kappa shape index (κ3) is 2.90. The molecule has 14 heavy (non-hydrogen) atoms. The average molecular weight is 192 g/mol. The minimum absolute atomic E-state index is 0.180. The molecule has 4 heteroatoms. The Hall–Kier alpha value is -1.84. The molecule has 1 aromatic rings. The molecule has 0 bridgehead atoms. The Bertz CT molecular complexity index is 372. The molecule has 74 valence electrons. The zero-order valence-electron chi connectivity index (χ0n) is 8.11. The maximum Gasteiger partial charge on any atom is 0.236 e. The number of nitrogens with one attached hydrogen (secondary N) is 1. The van der Waals surface area contributed by atoms with Gasteiger partial charge in [-0.15, -0.1) is 0 Å². The van der Waals surface area contributed by atoms with Crippen LogP contribution in [-0.2, 0) is 4.79 Å². The summed E-state index contributed by atoms with van der Waals surface area (Å²) in [5.41, 5.74) is 3.76. The van der Waals surface area contributed by atoms with Gasteiger partial charge in [0.15, 0.2) is 0 Å². The summed E-state index contributed by atoms with van der Waals surface area (Å²) in [5.74, 6) is -0.0376. The van der Waals surface area contributed by atoms with E-state index in [9.17, 15) is 9.90 Å². The Balaban J connectivity index is 2.83. The lowest BCUT2D eigenvalue weighted by molar-refractivity contribution is -0.118. The molecule has 0 aromatic heterocycles. The Morgan fingerprint density at radius 2 is 2.14 bits per heavy atom. The van der Waals surface area contributed by atoms with Crippen molar-refractivity contribution in [2.45, 2.75) is 13.8 Å². The van der Waals surface area contributed by atoms with Gasteiger partial charge in [-0.3, -0.25) is 4.79 Å². The van der Waals surface area contributed by atoms with Gasteiger partial charge in [-0.1, -0.05) is 12.1 Å². The monoisotopic (exact) mass is 192 g/mol. The van der Waals surface area contributed by atoms with Crippen molar-refractivity contribution in [1.82, 2.24) is 5.43 Å². The number of hydrazone groups is 1. The van der Waals surface area contributed by atoms with Crippen LogP contribution in [0.1, 0.15) is 19.4 Å². The minimum atomic E-state index is -0.218. The van der Waals surface area contributed by atoms with Crippen molar-refractivity contribution in [1.29, 1.82) is 0 Å².